The van der Waals surface area contributed by atoms with Crippen LogP contribution in [-0.4, -0.2) is 20.3 Å². The minimum Gasteiger partial charge on any atom is -0.427 e. The maximum absolute atomic E-state index is 14.0. The number of anilines is 1. The van der Waals surface area contributed by atoms with Gasteiger partial charge in [0.15, 0.2) is 9.84 Å². The van der Waals surface area contributed by atoms with Crippen molar-refractivity contribution in [2.24, 2.45) is 0 Å². The predicted molar refractivity (Wildman–Crippen MR) is 124 cm³/mol. The summed E-state index contributed by atoms with van der Waals surface area (Å²) in [7, 11) is -4.06. The molecule has 0 radical (unpaired) electrons. The van der Waals surface area contributed by atoms with Gasteiger partial charge in [0.2, 0.25) is 0 Å². The van der Waals surface area contributed by atoms with Crippen molar-refractivity contribution in [1.29, 1.82) is 0 Å². The number of carbonyl (C=O) groups is 2. The first-order valence-corrected chi connectivity index (χ1v) is 12.4. The van der Waals surface area contributed by atoms with Crippen LogP contribution in [0.2, 0.25) is 0 Å². The number of amides is 1. The minimum absolute atomic E-state index is 0.123. The molecule has 1 N–H and O–H groups in total. The number of fused-ring (bicyclic) bond motifs is 1. The first-order valence-electron chi connectivity index (χ1n) is 9.91. The molecule has 1 amide bonds. The topological polar surface area (TPSA) is 89.5 Å². The molecule has 0 saturated heterocycles. The Kier molecular flexibility index (Phi) is 6.54. The fourth-order valence-electron chi connectivity index (χ4n) is 3.22. The van der Waals surface area contributed by atoms with Crippen molar-refractivity contribution in [1.82, 2.24) is 0 Å². The Hall–Kier alpha value is -3.50. The summed E-state index contributed by atoms with van der Waals surface area (Å²) in [6.45, 7) is 1.29. The van der Waals surface area contributed by atoms with Crippen LogP contribution in [0, 0.1) is 11.6 Å². The van der Waals surface area contributed by atoms with Crippen LogP contribution in [0.25, 0.3) is 6.08 Å². The molecule has 4 rings (SSSR count). The summed E-state index contributed by atoms with van der Waals surface area (Å²) in [6.07, 6.45) is 1.61. The van der Waals surface area contributed by atoms with Crippen LogP contribution in [0.3, 0.4) is 0 Å². The van der Waals surface area contributed by atoms with E-state index in [0.717, 1.165) is 30.0 Å². The molecule has 1 aliphatic heterocycles. The average molecular weight is 502 g/mol. The van der Waals surface area contributed by atoms with Crippen LogP contribution in [-0.2, 0) is 25.2 Å². The summed E-state index contributed by atoms with van der Waals surface area (Å²) < 4.78 is 58.6. The predicted octanol–water partition coefficient (Wildman–Crippen LogP) is 4.95. The fraction of sp³-hybridized carbons (Fsp3) is 0.0833. The molecule has 3 aromatic rings. The zero-order chi connectivity index (χ0) is 24.5. The highest BCUT2D eigenvalue weighted by Gasteiger charge is 2.25. The van der Waals surface area contributed by atoms with Gasteiger partial charge in [-0.2, -0.15) is 0 Å². The Labute approximate surface area is 198 Å². The molecule has 0 unspecified atom stereocenters. The van der Waals surface area contributed by atoms with E-state index in [1.807, 2.05) is 0 Å². The summed E-state index contributed by atoms with van der Waals surface area (Å²) in [6, 6.07) is 13.8. The summed E-state index contributed by atoms with van der Waals surface area (Å²) >= 11 is 1.07. The number of nitrogens with one attached hydrogen (secondary N) is 1. The van der Waals surface area contributed by atoms with E-state index in [4.69, 9.17) is 4.74 Å². The highest BCUT2D eigenvalue weighted by Crippen LogP contribution is 2.40. The lowest BCUT2D eigenvalue weighted by Gasteiger charge is -2.19. The SMILES string of the molecule is CC(=O)Oc1ccc(/C=C2/Sc3cc(S(=O)(=O)Cc4c(F)cccc4F)ccc3NC2=O)cc1. The molecule has 0 spiro atoms. The molecule has 0 atom stereocenters. The number of ether oxygens (including phenoxy) is 1. The van der Waals surface area contributed by atoms with Crippen LogP contribution >= 0.6 is 11.8 Å². The van der Waals surface area contributed by atoms with Gasteiger partial charge in [-0.3, -0.25) is 9.59 Å². The van der Waals surface area contributed by atoms with E-state index < -0.39 is 38.8 Å². The van der Waals surface area contributed by atoms with Gasteiger partial charge in [-0.25, -0.2) is 17.2 Å². The van der Waals surface area contributed by atoms with Gasteiger partial charge in [0.05, 0.1) is 21.2 Å². The third-order valence-electron chi connectivity index (χ3n) is 4.84. The van der Waals surface area contributed by atoms with Gasteiger partial charge in [0, 0.05) is 17.4 Å². The lowest BCUT2D eigenvalue weighted by Crippen LogP contribution is -2.18. The van der Waals surface area contributed by atoms with Crippen LogP contribution < -0.4 is 10.1 Å². The minimum atomic E-state index is -4.06. The summed E-state index contributed by atoms with van der Waals surface area (Å²) in [5, 5.41) is 2.70. The smallest absolute Gasteiger partial charge is 0.308 e. The highest BCUT2D eigenvalue weighted by molar-refractivity contribution is 8.04. The second kappa shape index (κ2) is 9.40. The second-order valence-corrected chi connectivity index (χ2v) is 10.4. The van der Waals surface area contributed by atoms with E-state index >= 15 is 0 Å². The number of thioether (sulfide) groups is 1. The Balaban J connectivity index is 1.60. The fourth-order valence-corrected chi connectivity index (χ4v) is 5.68. The highest BCUT2D eigenvalue weighted by atomic mass is 32.2. The van der Waals surface area contributed by atoms with Crippen molar-refractivity contribution in [3.63, 3.8) is 0 Å². The zero-order valence-corrected chi connectivity index (χ0v) is 19.3. The van der Waals surface area contributed by atoms with Crippen molar-refractivity contribution in [2.75, 3.05) is 5.32 Å². The number of rotatable bonds is 5. The second-order valence-electron chi connectivity index (χ2n) is 7.34. The van der Waals surface area contributed by atoms with Crippen molar-refractivity contribution in [3.05, 3.63) is 88.3 Å². The molecule has 0 aliphatic carbocycles. The van der Waals surface area contributed by atoms with Crippen LogP contribution in [0.4, 0.5) is 14.5 Å². The Morgan fingerprint density at radius 3 is 2.38 bits per heavy atom. The van der Waals surface area contributed by atoms with Crippen LogP contribution in [0.1, 0.15) is 18.1 Å². The lowest BCUT2D eigenvalue weighted by molar-refractivity contribution is -0.131. The molecule has 0 saturated carbocycles. The Morgan fingerprint density at radius 2 is 1.74 bits per heavy atom. The van der Waals surface area contributed by atoms with Gasteiger partial charge in [-0.05, 0) is 54.1 Å². The third-order valence-corrected chi connectivity index (χ3v) is 7.56. The molecule has 174 valence electrons. The molecule has 0 fully saturated rings. The first-order chi connectivity index (χ1) is 16.1. The van der Waals surface area contributed by atoms with Gasteiger partial charge < -0.3 is 10.1 Å². The molecule has 0 aromatic heterocycles. The lowest BCUT2D eigenvalue weighted by atomic mass is 10.2. The summed E-state index contributed by atoms with van der Waals surface area (Å²) in [5.41, 5.74) is 0.558. The monoisotopic (exact) mass is 501 g/mol. The maximum Gasteiger partial charge on any atom is 0.308 e. The van der Waals surface area contributed by atoms with E-state index in [9.17, 15) is 26.8 Å². The third kappa shape index (κ3) is 5.18. The van der Waals surface area contributed by atoms with E-state index in [-0.39, 0.29) is 10.8 Å². The molecule has 0 bridgehead atoms. The number of sulfone groups is 1. The van der Waals surface area contributed by atoms with Crippen molar-refractivity contribution in [2.45, 2.75) is 22.5 Å². The number of halogens is 2. The number of hydrogen-bond donors (Lipinski definition) is 1. The van der Waals surface area contributed by atoms with Crippen LogP contribution in [0.5, 0.6) is 5.75 Å². The van der Waals surface area contributed by atoms with Crippen molar-refractivity contribution < 1.29 is 31.5 Å². The Morgan fingerprint density at radius 1 is 1.06 bits per heavy atom. The van der Waals surface area contributed by atoms with Crippen molar-refractivity contribution >= 4 is 45.2 Å². The largest absolute Gasteiger partial charge is 0.427 e. The standard InChI is InChI=1S/C24H17F2NO5S2/c1-14(28)32-16-7-5-15(6-8-16)11-23-24(29)27-21-10-9-17(12-22(21)33-23)34(30,31)13-18-19(25)3-2-4-20(18)26/h2-12H,13H2,1H3,(H,27,29)/b23-11+. The Bertz CT molecular complexity index is 1410. The zero-order valence-electron chi connectivity index (χ0n) is 17.7. The molecule has 1 aliphatic rings. The van der Waals surface area contributed by atoms with Gasteiger partial charge in [0.1, 0.15) is 17.4 Å². The maximum atomic E-state index is 14.0. The number of esters is 1. The average Bonchev–Trinajstić information content (AvgIpc) is 2.77. The summed E-state index contributed by atoms with van der Waals surface area (Å²) in [4.78, 5) is 24.2. The number of benzene rings is 3. The molecule has 6 nitrogen and oxygen atoms in total. The molecule has 3 aromatic carbocycles. The van der Waals surface area contributed by atoms with Gasteiger partial charge >= 0.3 is 5.97 Å². The van der Waals surface area contributed by atoms with E-state index in [2.05, 4.69) is 5.32 Å². The normalized spacial score (nSPS) is 14.4. The molecular formula is C24H17F2NO5S2. The van der Waals surface area contributed by atoms with Crippen LogP contribution in [0.15, 0.2) is 75.4 Å². The van der Waals surface area contributed by atoms with E-state index in [0.29, 0.717) is 26.8 Å². The van der Waals surface area contributed by atoms with E-state index in [1.54, 1.807) is 30.3 Å². The summed E-state index contributed by atoms with van der Waals surface area (Å²) in [5.74, 6) is -3.17. The number of carbonyl (C=O) groups excluding carboxylic acids is 2. The number of hydrogen-bond acceptors (Lipinski definition) is 6. The van der Waals surface area contributed by atoms with Gasteiger partial charge in [-0.1, -0.05) is 30.0 Å². The van der Waals surface area contributed by atoms with E-state index in [1.165, 1.54) is 25.1 Å². The molecule has 34 heavy (non-hydrogen) atoms. The molecule has 10 heteroatoms. The van der Waals surface area contributed by atoms with Gasteiger partial charge in [0.25, 0.3) is 5.91 Å². The van der Waals surface area contributed by atoms with Crippen molar-refractivity contribution in [3.8, 4) is 5.75 Å². The first kappa shape index (κ1) is 23.7. The quantitative estimate of drug-likeness (QED) is 0.302. The molecular weight excluding hydrogens is 484 g/mol. The molecule has 1 heterocycles. The van der Waals surface area contributed by atoms with Gasteiger partial charge in [-0.15, -0.1) is 0 Å².